The zero-order chi connectivity index (χ0) is 12.7. The lowest BCUT2D eigenvalue weighted by Gasteiger charge is -2.13. The van der Waals surface area contributed by atoms with Crippen LogP contribution in [0.1, 0.15) is 6.92 Å². The maximum atomic E-state index is 11.5. The fourth-order valence-corrected chi connectivity index (χ4v) is 1.33. The Hall–Kier alpha value is -1.75. The first-order chi connectivity index (χ1) is 8.15. The van der Waals surface area contributed by atoms with E-state index < -0.39 is 6.09 Å². The molecule has 0 saturated heterocycles. The minimum absolute atomic E-state index is 0.168. The Kier molecular flexibility index (Phi) is 5.29. The lowest BCUT2D eigenvalue weighted by Crippen LogP contribution is -2.28. The summed E-state index contributed by atoms with van der Waals surface area (Å²) in [5, 5.41) is 5.57. The van der Waals surface area contributed by atoms with Gasteiger partial charge in [0.15, 0.2) is 0 Å². The van der Waals surface area contributed by atoms with Gasteiger partial charge in [-0.2, -0.15) is 0 Å². The molecular weight excluding hydrogens is 220 g/mol. The Bertz CT molecular complexity index is 351. The van der Waals surface area contributed by atoms with Crippen molar-refractivity contribution in [2.75, 3.05) is 26.0 Å². The highest BCUT2D eigenvalue weighted by Gasteiger charge is 2.08. The molecule has 1 aromatic rings. The second-order valence-corrected chi connectivity index (χ2v) is 3.63. The number of anilines is 1. The molecule has 94 valence electrons. The molecule has 0 spiro atoms. The van der Waals surface area contributed by atoms with E-state index in [4.69, 9.17) is 9.47 Å². The van der Waals surface area contributed by atoms with Gasteiger partial charge in [0.1, 0.15) is 11.9 Å². The van der Waals surface area contributed by atoms with E-state index in [1.165, 1.54) is 0 Å². The number of hydrogen-bond acceptors (Lipinski definition) is 4. The average molecular weight is 238 g/mol. The van der Waals surface area contributed by atoms with Crippen LogP contribution in [-0.2, 0) is 4.74 Å². The second-order valence-electron chi connectivity index (χ2n) is 3.63. The van der Waals surface area contributed by atoms with Gasteiger partial charge in [-0.25, -0.2) is 4.79 Å². The van der Waals surface area contributed by atoms with E-state index in [0.717, 1.165) is 5.75 Å². The van der Waals surface area contributed by atoms with Gasteiger partial charge < -0.3 is 14.8 Å². The summed E-state index contributed by atoms with van der Waals surface area (Å²) in [6, 6.07) is 7.05. The summed E-state index contributed by atoms with van der Waals surface area (Å²) in [5.41, 5.74) is 0.674. The SMILES string of the molecule is CNCC(C)OC(=O)Nc1ccc(OC)cc1. The topological polar surface area (TPSA) is 59.6 Å². The van der Waals surface area contributed by atoms with Crippen molar-refractivity contribution < 1.29 is 14.3 Å². The molecule has 2 N–H and O–H groups in total. The van der Waals surface area contributed by atoms with Crippen LogP contribution in [-0.4, -0.2) is 32.9 Å². The number of hydrogen-bond donors (Lipinski definition) is 2. The number of carbonyl (C=O) groups excluding carboxylic acids is 1. The molecule has 1 aromatic carbocycles. The molecule has 1 atom stereocenters. The number of methoxy groups -OCH3 is 1. The molecule has 0 radical (unpaired) electrons. The summed E-state index contributed by atoms with van der Waals surface area (Å²) in [6.07, 6.45) is -0.629. The third-order valence-electron chi connectivity index (χ3n) is 2.14. The highest BCUT2D eigenvalue weighted by Crippen LogP contribution is 2.15. The molecule has 0 bridgehead atoms. The Balaban J connectivity index is 2.44. The van der Waals surface area contributed by atoms with Gasteiger partial charge in [0.2, 0.25) is 0 Å². The maximum Gasteiger partial charge on any atom is 0.411 e. The molecule has 17 heavy (non-hydrogen) atoms. The molecule has 1 amide bonds. The molecule has 5 heteroatoms. The van der Waals surface area contributed by atoms with Crippen LogP contribution in [0, 0.1) is 0 Å². The first-order valence-corrected chi connectivity index (χ1v) is 5.42. The number of likely N-dealkylation sites (N-methyl/N-ethyl adjacent to an activating group) is 1. The second kappa shape index (κ2) is 6.75. The molecule has 5 nitrogen and oxygen atoms in total. The van der Waals surface area contributed by atoms with Crippen LogP contribution in [0.2, 0.25) is 0 Å². The van der Waals surface area contributed by atoms with Gasteiger partial charge in [0, 0.05) is 12.2 Å². The highest BCUT2D eigenvalue weighted by molar-refractivity contribution is 5.84. The fourth-order valence-electron chi connectivity index (χ4n) is 1.33. The normalized spacial score (nSPS) is 11.7. The van der Waals surface area contributed by atoms with Crippen LogP contribution in [0.25, 0.3) is 0 Å². The monoisotopic (exact) mass is 238 g/mol. The summed E-state index contributed by atoms with van der Waals surface area (Å²) in [5.74, 6) is 0.743. The molecule has 0 aliphatic carbocycles. The first-order valence-electron chi connectivity index (χ1n) is 5.42. The van der Waals surface area contributed by atoms with Crippen LogP contribution < -0.4 is 15.4 Å². The summed E-state index contributed by atoms with van der Waals surface area (Å²) in [6.45, 7) is 2.44. The summed E-state index contributed by atoms with van der Waals surface area (Å²) >= 11 is 0. The number of carbonyl (C=O) groups is 1. The van der Waals surface area contributed by atoms with Gasteiger partial charge in [-0.1, -0.05) is 0 Å². The third-order valence-corrected chi connectivity index (χ3v) is 2.14. The predicted molar refractivity (Wildman–Crippen MR) is 66.5 cm³/mol. The maximum absolute atomic E-state index is 11.5. The van der Waals surface area contributed by atoms with Crippen LogP contribution >= 0.6 is 0 Å². The molecule has 0 heterocycles. The lowest BCUT2D eigenvalue weighted by molar-refractivity contribution is 0.121. The Labute approximate surface area is 101 Å². The van der Waals surface area contributed by atoms with Crippen molar-refractivity contribution in [2.45, 2.75) is 13.0 Å². The van der Waals surface area contributed by atoms with Gasteiger partial charge in [0.05, 0.1) is 7.11 Å². The van der Waals surface area contributed by atoms with Crippen molar-refractivity contribution in [3.63, 3.8) is 0 Å². The number of ether oxygens (including phenoxy) is 2. The van der Waals surface area contributed by atoms with E-state index in [2.05, 4.69) is 10.6 Å². The predicted octanol–water partition coefficient (Wildman–Crippen LogP) is 1.85. The number of benzene rings is 1. The summed E-state index contributed by atoms with van der Waals surface area (Å²) in [4.78, 5) is 11.5. The molecule has 0 saturated carbocycles. The summed E-state index contributed by atoms with van der Waals surface area (Å²) < 4.78 is 10.1. The quantitative estimate of drug-likeness (QED) is 0.822. The molecule has 0 fully saturated rings. The van der Waals surface area contributed by atoms with Gasteiger partial charge in [-0.3, -0.25) is 5.32 Å². The molecule has 1 unspecified atom stereocenters. The molecular formula is C12H18N2O3. The van der Waals surface area contributed by atoms with Gasteiger partial charge in [-0.05, 0) is 38.2 Å². The Morgan fingerprint density at radius 2 is 2.00 bits per heavy atom. The van der Waals surface area contributed by atoms with E-state index in [0.29, 0.717) is 12.2 Å². The Morgan fingerprint density at radius 3 is 2.53 bits per heavy atom. The minimum atomic E-state index is -0.460. The van der Waals surface area contributed by atoms with Crippen molar-refractivity contribution in [3.05, 3.63) is 24.3 Å². The standard InChI is InChI=1S/C12H18N2O3/c1-9(8-13-2)17-12(15)14-10-4-6-11(16-3)7-5-10/h4-7,9,13H,8H2,1-3H3,(H,14,15). The largest absolute Gasteiger partial charge is 0.497 e. The van der Waals surface area contributed by atoms with Gasteiger partial charge in [-0.15, -0.1) is 0 Å². The molecule has 0 aromatic heterocycles. The zero-order valence-electron chi connectivity index (χ0n) is 10.3. The van der Waals surface area contributed by atoms with Crippen molar-refractivity contribution in [1.29, 1.82) is 0 Å². The molecule has 0 aliphatic rings. The van der Waals surface area contributed by atoms with Crippen molar-refractivity contribution in [1.82, 2.24) is 5.32 Å². The smallest absolute Gasteiger partial charge is 0.411 e. The number of amides is 1. The van der Waals surface area contributed by atoms with Crippen LogP contribution in [0.15, 0.2) is 24.3 Å². The number of rotatable bonds is 5. The van der Waals surface area contributed by atoms with Gasteiger partial charge in [0.25, 0.3) is 0 Å². The number of nitrogens with one attached hydrogen (secondary N) is 2. The van der Waals surface area contributed by atoms with Gasteiger partial charge >= 0.3 is 6.09 Å². The van der Waals surface area contributed by atoms with Crippen LogP contribution in [0.3, 0.4) is 0 Å². The zero-order valence-corrected chi connectivity index (χ0v) is 10.3. The first kappa shape index (κ1) is 13.3. The van der Waals surface area contributed by atoms with E-state index in [1.807, 2.05) is 6.92 Å². The van der Waals surface area contributed by atoms with E-state index in [1.54, 1.807) is 38.4 Å². The van der Waals surface area contributed by atoms with Crippen LogP contribution in [0.5, 0.6) is 5.75 Å². The van der Waals surface area contributed by atoms with E-state index in [9.17, 15) is 4.79 Å². The molecule has 1 rings (SSSR count). The van der Waals surface area contributed by atoms with Crippen molar-refractivity contribution >= 4 is 11.8 Å². The van der Waals surface area contributed by atoms with Crippen LogP contribution in [0.4, 0.5) is 10.5 Å². The Morgan fingerprint density at radius 1 is 1.35 bits per heavy atom. The average Bonchev–Trinajstić information content (AvgIpc) is 2.30. The van der Waals surface area contributed by atoms with Crippen molar-refractivity contribution in [2.24, 2.45) is 0 Å². The lowest BCUT2D eigenvalue weighted by atomic mass is 10.3. The van der Waals surface area contributed by atoms with E-state index >= 15 is 0 Å². The van der Waals surface area contributed by atoms with Crippen molar-refractivity contribution in [3.8, 4) is 5.75 Å². The highest BCUT2D eigenvalue weighted by atomic mass is 16.6. The fraction of sp³-hybridized carbons (Fsp3) is 0.417. The summed E-state index contributed by atoms with van der Waals surface area (Å²) in [7, 11) is 3.40. The molecule has 0 aliphatic heterocycles. The minimum Gasteiger partial charge on any atom is -0.497 e. The third kappa shape index (κ3) is 4.74. The van der Waals surface area contributed by atoms with E-state index in [-0.39, 0.29) is 6.10 Å².